The van der Waals surface area contributed by atoms with E-state index in [1.165, 1.54) is 12.1 Å². The number of nitrogens with zero attached hydrogens (tertiary/aromatic N) is 1. The average Bonchev–Trinajstić information content (AvgIpc) is 2.69. The van der Waals surface area contributed by atoms with E-state index in [1.54, 1.807) is 6.07 Å². The van der Waals surface area contributed by atoms with Crippen LogP contribution < -0.4 is 4.74 Å². The molecule has 1 aromatic carbocycles. The fourth-order valence-electron chi connectivity index (χ4n) is 1.48. The van der Waals surface area contributed by atoms with Crippen LogP contribution in [0.4, 0.5) is 0 Å². The topological polar surface area (TPSA) is 72.6 Å². The van der Waals surface area contributed by atoms with Gasteiger partial charge in [-0.2, -0.15) is 4.98 Å². The molecule has 0 aliphatic carbocycles. The third kappa shape index (κ3) is 2.80. The van der Waals surface area contributed by atoms with Gasteiger partial charge in [-0.25, -0.2) is 4.79 Å². The average molecular weight is 249 g/mol. The summed E-state index contributed by atoms with van der Waals surface area (Å²) >= 11 is 0. The van der Waals surface area contributed by atoms with Gasteiger partial charge < -0.3 is 14.3 Å². The molecule has 0 aliphatic rings. The first-order valence-electron chi connectivity index (χ1n) is 5.83. The van der Waals surface area contributed by atoms with Gasteiger partial charge >= 0.3 is 12.0 Å². The highest BCUT2D eigenvalue weighted by Crippen LogP contribution is 2.22. The van der Waals surface area contributed by atoms with Crippen LogP contribution in [0.3, 0.4) is 0 Å². The third-order valence-corrected chi connectivity index (χ3v) is 2.54. The summed E-state index contributed by atoms with van der Waals surface area (Å²) in [5.41, 5.74) is 1.20. The molecule has 2 rings (SSSR count). The standard InChI is InChI=1S/C13H15NO4/c1-8(2)5-6-17-13-14-10-4-3-9(12(15)16)7-11(10)18-13/h3-4,7-8H,5-6H2,1-2H3,(H,15,16). The van der Waals surface area contributed by atoms with Crippen molar-refractivity contribution in [2.75, 3.05) is 6.61 Å². The third-order valence-electron chi connectivity index (χ3n) is 2.54. The van der Waals surface area contributed by atoms with E-state index < -0.39 is 5.97 Å². The Balaban J connectivity index is 2.14. The Kier molecular flexibility index (Phi) is 3.50. The van der Waals surface area contributed by atoms with Crippen LogP contribution in [0.2, 0.25) is 0 Å². The molecule has 0 spiro atoms. The zero-order valence-corrected chi connectivity index (χ0v) is 10.3. The number of ether oxygens (including phenoxy) is 1. The van der Waals surface area contributed by atoms with Gasteiger partial charge in [-0.15, -0.1) is 0 Å². The number of benzene rings is 1. The van der Waals surface area contributed by atoms with Crippen molar-refractivity contribution in [2.24, 2.45) is 5.92 Å². The van der Waals surface area contributed by atoms with E-state index in [9.17, 15) is 4.79 Å². The van der Waals surface area contributed by atoms with Crippen molar-refractivity contribution in [3.8, 4) is 6.08 Å². The molecule has 0 bridgehead atoms. The molecule has 0 unspecified atom stereocenters. The summed E-state index contributed by atoms with van der Waals surface area (Å²) in [6.45, 7) is 4.75. The van der Waals surface area contributed by atoms with Crippen LogP contribution >= 0.6 is 0 Å². The fourth-order valence-corrected chi connectivity index (χ4v) is 1.48. The van der Waals surface area contributed by atoms with Crippen LogP contribution in [0.5, 0.6) is 6.08 Å². The maximum atomic E-state index is 10.8. The Morgan fingerprint density at radius 2 is 2.28 bits per heavy atom. The molecular formula is C13H15NO4. The molecule has 0 radical (unpaired) electrons. The van der Waals surface area contributed by atoms with Crippen LogP contribution in [0.1, 0.15) is 30.6 Å². The normalized spacial score (nSPS) is 11.1. The Bertz CT molecular complexity index is 559. The Morgan fingerprint density at radius 1 is 1.50 bits per heavy atom. The van der Waals surface area contributed by atoms with E-state index in [0.717, 1.165) is 6.42 Å². The minimum atomic E-state index is -0.990. The molecule has 1 aromatic heterocycles. The Morgan fingerprint density at radius 3 is 2.94 bits per heavy atom. The Hall–Kier alpha value is -2.04. The predicted octanol–water partition coefficient (Wildman–Crippen LogP) is 2.95. The van der Waals surface area contributed by atoms with Gasteiger partial charge in [-0.05, 0) is 30.5 Å². The molecule has 0 amide bonds. The van der Waals surface area contributed by atoms with Gasteiger partial charge in [-0.3, -0.25) is 0 Å². The van der Waals surface area contributed by atoms with Gasteiger partial charge in [0.2, 0.25) is 0 Å². The van der Waals surface area contributed by atoms with E-state index in [4.69, 9.17) is 14.3 Å². The van der Waals surface area contributed by atoms with Crippen LogP contribution in [0.15, 0.2) is 22.6 Å². The lowest BCUT2D eigenvalue weighted by Crippen LogP contribution is -2.01. The van der Waals surface area contributed by atoms with E-state index >= 15 is 0 Å². The lowest BCUT2D eigenvalue weighted by molar-refractivity contribution is 0.0697. The molecule has 0 saturated heterocycles. The number of hydrogen-bond acceptors (Lipinski definition) is 4. The van der Waals surface area contributed by atoms with Gasteiger partial charge in [0.05, 0.1) is 12.2 Å². The number of carboxylic acid groups (broad SMARTS) is 1. The smallest absolute Gasteiger partial charge is 0.394 e. The molecule has 0 aliphatic heterocycles. The summed E-state index contributed by atoms with van der Waals surface area (Å²) in [6, 6.07) is 4.54. The van der Waals surface area contributed by atoms with Crippen molar-refractivity contribution >= 4 is 17.1 Å². The van der Waals surface area contributed by atoms with Crippen LogP contribution in [0, 0.1) is 5.92 Å². The first kappa shape index (κ1) is 12.4. The number of rotatable bonds is 5. The van der Waals surface area contributed by atoms with Gasteiger partial charge in [-0.1, -0.05) is 13.8 Å². The SMILES string of the molecule is CC(C)CCOc1nc2ccc(C(=O)O)cc2o1. The lowest BCUT2D eigenvalue weighted by Gasteiger charge is -2.03. The van der Waals surface area contributed by atoms with Crippen LogP contribution in [0.25, 0.3) is 11.1 Å². The highest BCUT2D eigenvalue weighted by molar-refractivity contribution is 5.91. The highest BCUT2D eigenvalue weighted by Gasteiger charge is 2.10. The quantitative estimate of drug-likeness (QED) is 0.881. The van der Waals surface area contributed by atoms with Crippen LogP contribution in [-0.4, -0.2) is 22.7 Å². The number of aromatic nitrogens is 1. The fraction of sp³-hybridized carbons (Fsp3) is 0.385. The number of carbonyl (C=O) groups is 1. The lowest BCUT2D eigenvalue weighted by atomic mass is 10.1. The van der Waals surface area contributed by atoms with Gasteiger partial charge in [0.25, 0.3) is 0 Å². The maximum absolute atomic E-state index is 10.8. The number of carboxylic acids is 1. The molecule has 2 aromatic rings. The summed E-state index contributed by atoms with van der Waals surface area (Å²) < 4.78 is 10.7. The summed E-state index contributed by atoms with van der Waals surface area (Å²) in [4.78, 5) is 14.9. The van der Waals surface area contributed by atoms with E-state index in [-0.39, 0.29) is 11.6 Å². The molecule has 5 nitrogen and oxygen atoms in total. The molecule has 0 fully saturated rings. The molecule has 0 atom stereocenters. The van der Waals surface area contributed by atoms with Crippen molar-refractivity contribution < 1.29 is 19.1 Å². The number of aromatic carboxylic acids is 1. The van der Waals surface area contributed by atoms with Crippen LogP contribution in [-0.2, 0) is 0 Å². The van der Waals surface area contributed by atoms with Crippen molar-refractivity contribution in [2.45, 2.75) is 20.3 Å². The molecule has 5 heteroatoms. The second-order valence-electron chi connectivity index (χ2n) is 4.50. The van der Waals surface area contributed by atoms with Crippen molar-refractivity contribution in [3.05, 3.63) is 23.8 Å². The Labute approximate surface area is 104 Å². The summed E-state index contributed by atoms with van der Waals surface area (Å²) in [5, 5.41) is 8.86. The van der Waals surface area contributed by atoms with E-state index in [2.05, 4.69) is 18.8 Å². The number of oxazole rings is 1. The van der Waals surface area contributed by atoms with Crippen molar-refractivity contribution in [1.29, 1.82) is 0 Å². The summed E-state index contributed by atoms with van der Waals surface area (Å²) in [6.07, 6.45) is 1.10. The molecular weight excluding hydrogens is 234 g/mol. The summed E-state index contributed by atoms with van der Waals surface area (Å²) in [7, 11) is 0. The second kappa shape index (κ2) is 5.08. The zero-order chi connectivity index (χ0) is 13.1. The van der Waals surface area contributed by atoms with Gasteiger partial charge in [0.15, 0.2) is 5.58 Å². The molecule has 0 saturated carbocycles. The molecule has 1 heterocycles. The second-order valence-corrected chi connectivity index (χ2v) is 4.50. The number of fused-ring (bicyclic) bond motifs is 1. The molecule has 18 heavy (non-hydrogen) atoms. The maximum Gasteiger partial charge on any atom is 0.394 e. The van der Waals surface area contributed by atoms with Crippen molar-refractivity contribution in [3.63, 3.8) is 0 Å². The van der Waals surface area contributed by atoms with Gasteiger partial charge in [0.1, 0.15) is 5.52 Å². The summed E-state index contributed by atoms with van der Waals surface area (Å²) in [5.74, 6) is -0.441. The molecule has 1 N–H and O–H groups in total. The zero-order valence-electron chi connectivity index (χ0n) is 10.3. The van der Waals surface area contributed by atoms with Crippen molar-refractivity contribution in [1.82, 2.24) is 4.98 Å². The van der Waals surface area contributed by atoms with Gasteiger partial charge in [0, 0.05) is 0 Å². The monoisotopic (exact) mass is 249 g/mol. The highest BCUT2D eigenvalue weighted by atomic mass is 16.6. The first-order chi connectivity index (χ1) is 8.56. The van der Waals surface area contributed by atoms with E-state index in [0.29, 0.717) is 23.6 Å². The molecule has 96 valence electrons. The first-order valence-corrected chi connectivity index (χ1v) is 5.83. The largest absolute Gasteiger partial charge is 0.478 e. The predicted molar refractivity (Wildman–Crippen MR) is 65.9 cm³/mol. The minimum absolute atomic E-state index is 0.174. The minimum Gasteiger partial charge on any atom is -0.478 e. The number of hydrogen-bond donors (Lipinski definition) is 1. The van der Waals surface area contributed by atoms with E-state index in [1.807, 2.05) is 0 Å².